The van der Waals surface area contributed by atoms with Gasteiger partial charge in [0.2, 0.25) is 0 Å². The number of benzene rings is 2. The summed E-state index contributed by atoms with van der Waals surface area (Å²) in [7, 11) is 1.57. The molecule has 0 spiro atoms. The smallest absolute Gasteiger partial charge is 0.255 e. The Hall–Kier alpha value is -2.69. The summed E-state index contributed by atoms with van der Waals surface area (Å²) in [4.78, 5) is 12.3. The largest absolute Gasteiger partial charge is 0.497 e. The number of hydrogen-bond acceptors (Lipinski definition) is 4. The molecule has 114 valence electrons. The molecule has 2 aromatic carbocycles. The minimum atomic E-state index is -0.199. The predicted octanol–water partition coefficient (Wildman–Crippen LogP) is 3.03. The van der Waals surface area contributed by atoms with Crippen LogP contribution in [0.5, 0.6) is 17.2 Å². The maximum atomic E-state index is 12.3. The summed E-state index contributed by atoms with van der Waals surface area (Å²) in [6.07, 6.45) is 0. The summed E-state index contributed by atoms with van der Waals surface area (Å²) in [6.45, 7) is 2.98. The molecule has 0 fully saturated rings. The van der Waals surface area contributed by atoms with Crippen molar-refractivity contribution in [2.45, 2.75) is 6.92 Å². The number of carbonyl (C=O) groups excluding carboxylic acids is 1. The number of ether oxygens (including phenoxy) is 3. The molecule has 22 heavy (non-hydrogen) atoms. The van der Waals surface area contributed by atoms with Gasteiger partial charge in [0.25, 0.3) is 5.91 Å². The third kappa shape index (κ3) is 2.83. The van der Waals surface area contributed by atoms with Gasteiger partial charge in [0.15, 0.2) is 11.5 Å². The monoisotopic (exact) mass is 299 g/mol. The third-order valence-electron chi connectivity index (χ3n) is 3.42. The number of methoxy groups -OCH3 is 1. The number of anilines is 1. The van der Waals surface area contributed by atoms with Crippen molar-refractivity contribution in [3.8, 4) is 17.2 Å². The van der Waals surface area contributed by atoms with Gasteiger partial charge in [-0.1, -0.05) is 6.07 Å². The van der Waals surface area contributed by atoms with E-state index < -0.39 is 0 Å². The molecule has 5 nitrogen and oxygen atoms in total. The van der Waals surface area contributed by atoms with Crippen LogP contribution in [0.3, 0.4) is 0 Å². The molecule has 1 aliphatic heterocycles. The molecule has 0 saturated heterocycles. The molecule has 2 aromatic rings. The number of carbonyl (C=O) groups is 1. The van der Waals surface area contributed by atoms with Gasteiger partial charge >= 0.3 is 0 Å². The molecule has 0 unspecified atom stereocenters. The minimum absolute atomic E-state index is 0.199. The summed E-state index contributed by atoms with van der Waals surface area (Å²) in [5, 5.41) is 2.87. The van der Waals surface area contributed by atoms with Crippen molar-refractivity contribution in [2.24, 2.45) is 0 Å². The van der Waals surface area contributed by atoms with Gasteiger partial charge in [-0.3, -0.25) is 4.79 Å². The van der Waals surface area contributed by atoms with Crippen LogP contribution in [-0.4, -0.2) is 26.2 Å². The van der Waals surface area contributed by atoms with Gasteiger partial charge in [0.05, 0.1) is 7.11 Å². The number of amides is 1. The molecule has 5 heteroatoms. The summed E-state index contributed by atoms with van der Waals surface area (Å²) in [5.74, 6) is 1.85. The van der Waals surface area contributed by atoms with Crippen molar-refractivity contribution < 1.29 is 19.0 Å². The van der Waals surface area contributed by atoms with Crippen molar-refractivity contribution in [3.63, 3.8) is 0 Å². The van der Waals surface area contributed by atoms with Crippen molar-refractivity contribution in [1.29, 1.82) is 0 Å². The van der Waals surface area contributed by atoms with Crippen LogP contribution in [0, 0.1) is 6.92 Å². The zero-order valence-electron chi connectivity index (χ0n) is 12.5. The molecule has 1 heterocycles. The lowest BCUT2D eigenvalue weighted by atomic mass is 10.1. The summed E-state index contributed by atoms with van der Waals surface area (Å²) >= 11 is 0. The second-order valence-corrected chi connectivity index (χ2v) is 5.00. The average Bonchev–Trinajstić information content (AvgIpc) is 2.55. The molecule has 0 aliphatic carbocycles. The fourth-order valence-electron chi connectivity index (χ4n) is 2.37. The Morgan fingerprint density at radius 2 is 2.00 bits per heavy atom. The summed E-state index contributed by atoms with van der Waals surface area (Å²) < 4.78 is 16.3. The van der Waals surface area contributed by atoms with Crippen LogP contribution < -0.4 is 19.5 Å². The lowest BCUT2D eigenvalue weighted by Gasteiger charge is -2.21. The highest BCUT2D eigenvalue weighted by Gasteiger charge is 2.16. The van der Waals surface area contributed by atoms with Crippen LogP contribution in [0.25, 0.3) is 0 Å². The molecule has 0 saturated carbocycles. The number of rotatable bonds is 3. The highest BCUT2D eigenvalue weighted by atomic mass is 16.6. The van der Waals surface area contributed by atoms with Gasteiger partial charge in [-0.2, -0.15) is 0 Å². The van der Waals surface area contributed by atoms with Gasteiger partial charge in [0, 0.05) is 17.3 Å². The quantitative estimate of drug-likeness (QED) is 0.946. The van der Waals surface area contributed by atoms with Crippen LogP contribution in [0.4, 0.5) is 5.69 Å². The van der Waals surface area contributed by atoms with Gasteiger partial charge < -0.3 is 19.5 Å². The first kappa shape index (κ1) is 14.3. The van der Waals surface area contributed by atoms with E-state index in [9.17, 15) is 4.79 Å². The Morgan fingerprint density at radius 3 is 2.82 bits per heavy atom. The lowest BCUT2D eigenvalue weighted by molar-refractivity contribution is 0.102. The zero-order valence-corrected chi connectivity index (χ0v) is 12.5. The number of hydrogen-bond donors (Lipinski definition) is 1. The SMILES string of the molecule is COc1cccc(C(=O)Nc2cc(C)c3c(c2)OCCO3)c1. The van der Waals surface area contributed by atoms with Gasteiger partial charge in [0.1, 0.15) is 19.0 Å². The Labute approximate surface area is 128 Å². The van der Waals surface area contributed by atoms with E-state index in [1.807, 2.05) is 13.0 Å². The van der Waals surface area contributed by atoms with Crippen LogP contribution >= 0.6 is 0 Å². The fourth-order valence-corrected chi connectivity index (χ4v) is 2.37. The van der Waals surface area contributed by atoms with Crippen molar-refractivity contribution in [2.75, 3.05) is 25.6 Å². The van der Waals surface area contributed by atoms with E-state index in [4.69, 9.17) is 14.2 Å². The van der Waals surface area contributed by atoms with E-state index in [1.54, 1.807) is 37.4 Å². The lowest BCUT2D eigenvalue weighted by Crippen LogP contribution is -2.17. The minimum Gasteiger partial charge on any atom is -0.497 e. The standard InChI is InChI=1S/C17H17NO4/c1-11-8-13(10-15-16(11)22-7-6-21-15)18-17(19)12-4-3-5-14(9-12)20-2/h3-5,8-10H,6-7H2,1-2H3,(H,18,19). The predicted molar refractivity (Wildman–Crippen MR) is 83.1 cm³/mol. The molecule has 0 aromatic heterocycles. The number of nitrogens with one attached hydrogen (secondary N) is 1. The molecular weight excluding hydrogens is 282 g/mol. The Balaban J connectivity index is 1.83. The summed E-state index contributed by atoms with van der Waals surface area (Å²) in [5.41, 5.74) is 2.14. The Bertz CT molecular complexity index is 712. The van der Waals surface area contributed by atoms with E-state index in [2.05, 4.69) is 5.32 Å². The highest BCUT2D eigenvalue weighted by Crippen LogP contribution is 2.36. The maximum Gasteiger partial charge on any atom is 0.255 e. The Kier molecular flexibility index (Phi) is 3.87. The van der Waals surface area contributed by atoms with E-state index in [-0.39, 0.29) is 5.91 Å². The van der Waals surface area contributed by atoms with Crippen molar-refractivity contribution >= 4 is 11.6 Å². The highest BCUT2D eigenvalue weighted by molar-refractivity contribution is 6.04. The normalized spacial score (nSPS) is 12.6. The fraction of sp³-hybridized carbons (Fsp3) is 0.235. The van der Waals surface area contributed by atoms with E-state index >= 15 is 0 Å². The first-order valence-corrected chi connectivity index (χ1v) is 7.03. The van der Waals surface area contributed by atoms with Crippen LogP contribution in [0.15, 0.2) is 36.4 Å². The second-order valence-electron chi connectivity index (χ2n) is 5.00. The zero-order chi connectivity index (χ0) is 15.5. The van der Waals surface area contributed by atoms with Gasteiger partial charge in [-0.25, -0.2) is 0 Å². The third-order valence-corrected chi connectivity index (χ3v) is 3.42. The average molecular weight is 299 g/mol. The van der Waals surface area contributed by atoms with E-state index in [1.165, 1.54) is 0 Å². The molecule has 0 radical (unpaired) electrons. The van der Waals surface area contributed by atoms with Crippen LogP contribution in [0.2, 0.25) is 0 Å². The molecule has 1 N–H and O–H groups in total. The van der Waals surface area contributed by atoms with Crippen molar-refractivity contribution in [1.82, 2.24) is 0 Å². The molecule has 1 amide bonds. The molecule has 1 aliphatic rings. The van der Waals surface area contributed by atoms with E-state index in [0.717, 1.165) is 11.3 Å². The molecule has 3 rings (SSSR count). The van der Waals surface area contributed by atoms with E-state index in [0.29, 0.717) is 36.0 Å². The second kappa shape index (κ2) is 5.97. The first-order chi connectivity index (χ1) is 10.7. The topological polar surface area (TPSA) is 56.8 Å². The van der Waals surface area contributed by atoms with Crippen LogP contribution in [-0.2, 0) is 0 Å². The van der Waals surface area contributed by atoms with Gasteiger partial charge in [-0.15, -0.1) is 0 Å². The number of fused-ring (bicyclic) bond motifs is 1. The van der Waals surface area contributed by atoms with Crippen molar-refractivity contribution in [3.05, 3.63) is 47.5 Å². The van der Waals surface area contributed by atoms with Crippen LogP contribution in [0.1, 0.15) is 15.9 Å². The molecular formula is C17H17NO4. The van der Waals surface area contributed by atoms with Gasteiger partial charge in [-0.05, 0) is 36.8 Å². The first-order valence-electron chi connectivity index (χ1n) is 7.03. The molecule has 0 atom stereocenters. The number of aryl methyl sites for hydroxylation is 1. The maximum absolute atomic E-state index is 12.3. The Morgan fingerprint density at radius 1 is 1.18 bits per heavy atom. The summed E-state index contributed by atoms with van der Waals surface area (Å²) in [6, 6.07) is 10.7. The molecule has 0 bridgehead atoms.